The maximum Gasteiger partial charge on any atom is 0.255 e. The summed E-state index contributed by atoms with van der Waals surface area (Å²) in [6.45, 7) is 4.08. The van der Waals surface area contributed by atoms with Crippen molar-refractivity contribution in [1.29, 1.82) is 0 Å². The van der Waals surface area contributed by atoms with Gasteiger partial charge in [-0.3, -0.25) is 9.59 Å². The van der Waals surface area contributed by atoms with Crippen LogP contribution in [0.2, 0.25) is 0 Å². The molecule has 0 atom stereocenters. The monoisotopic (exact) mass is 394 g/mol. The lowest BCUT2D eigenvalue weighted by Gasteiger charge is -2.11. The van der Waals surface area contributed by atoms with Crippen molar-refractivity contribution in [3.8, 4) is 0 Å². The van der Waals surface area contributed by atoms with Gasteiger partial charge in [0.2, 0.25) is 5.91 Å². The van der Waals surface area contributed by atoms with E-state index in [2.05, 4.69) is 15.5 Å². The first-order chi connectivity index (χ1) is 13.6. The Balaban J connectivity index is 1.44. The number of aromatic nitrogens is 1. The third-order valence-electron chi connectivity index (χ3n) is 4.77. The molecule has 1 aliphatic heterocycles. The standard InChI is InChI=1S/C21H22N4O2S/c1-14(26)22-13-15-4-6-16(7-5-15)20(27)23-17-8-9-18-19(12-17)28-21(24-18)25-10-2-3-11-25/h4-9,12H,2-3,10-11,13H2,1H3,(H,22,26)(H,23,27). The van der Waals surface area contributed by atoms with Gasteiger partial charge >= 0.3 is 0 Å². The molecule has 0 bridgehead atoms. The first kappa shape index (κ1) is 18.4. The van der Waals surface area contributed by atoms with Crippen molar-refractivity contribution in [2.75, 3.05) is 23.3 Å². The van der Waals surface area contributed by atoms with Crippen molar-refractivity contribution in [2.24, 2.45) is 0 Å². The highest BCUT2D eigenvalue weighted by atomic mass is 32.1. The van der Waals surface area contributed by atoms with Gasteiger partial charge in [-0.05, 0) is 48.7 Å². The minimum absolute atomic E-state index is 0.0758. The van der Waals surface area contributed by atoms with Gasteiger partial charge in [0, 0.05) is 37.8 Å². The van der Waals surface area contributed by atoms with Gasteiger partial charge in [0.15, 0.2) is 5.13 Å². The van der Waals surface area contributed by atoms with E-state index in [1.165, 1.54) is 19.8 Å². The van der Waals surface area contributed by atoms with Gasteiger partial charge in [0.05, 0.1) is 10.2 Å². The highest BCUT2D eigenvalue weighted by Crippen LogP contribution is 2.32. The lowest BCUT2D eigenvalue weighted by atomic mass is 10.1. The molecular weight excluding hydrogens is 372 g/mol. The average molecular weight is 395 g/mol. The number of fused-ring (bicyclic) bond motifs is 1. The van der Waals surface area contributed by atoms with E-state index in [4.69, 9.17) is 4.98 Å². The number of hydrogen-bond donors (Lipinski definition) is 2. The van der Waals surface area contributed by atoms with Crippen LogP contribution in [0.1, 0.15) is 35.7 Å². The second-order valence-corrected chi connectivity index (χ2v) is 7.94. The molecule has 2 aromatic carbocycles. The SMILES string of the molecule is CC(=O)NCc1ccc(C(=O)Nc2ccc3nc(N4CCCC4)sc3c2)cc1. The Bertz CT molecular complexity index is 1010. The first-order valence-electron chi connectivity index (χ1n) is 9.39. The lowest BCUT2D eigenvalue weighted by molar-refractivity contribution is -0.119. The molecule has 7 heteroatoms. The molecule has 0 unspecified atom stereocenters. The molecule has 0 spiro atoms. The lowest BCUT2D eigenvalue weighted by Crippen LogP contribution is -2.19. The highest BCUT2D eigenvalue weighted by Gasteiger charge is 2.16. The van der Waals surface area contributed by atoms with Crippen LogP contribution in [0, 0.1) is 0 Å². The topological polar surface area (TPSA) is 74.3 Å². The fourth-order valence-electron chi connectivity index (χ4n) is 3.24. The second-order valence-electron chi connectivity index (χ2n) is 6.93. The van der Waals surface area contributed by atoms with Gasteiger partial charge in [-0.2, -0.15) is 0 Å². The van der Waals surface area contributed by atoms with Crippen LogP contribution in [0.4, 0.5) is 10.8 Å². The van der Waals surface area contributed by atoms with Crippen molar-refractivity contribution >= 4 is 44.2 Å². The predicted octanol–water partition coefficient (Wildman–Crippen LogP) is 3.78. The number of nitrogens with one attached hydrogen (secondary N) is 2. The van der Waals surface area contributed by atoms with Crippen LogP contribution in [-0.4, -0.2) is 29.9 Å². The predicted molar refractivity (Wildman–Crippen MR) is 113 cm³/mol. The molecule has 6 nitrogen and oxygen atoms in total. The Kier molecular flexibility index (Phi) is 5.25. The molecule has 144 valence electrons. The maximum absolute atomic E-state index is 12.5. The summed E-state index contributed by atoms with van der Waals surface area (Å²) in [6.07, 6.45) is 2.45. The van der Waals surface area contributed by atoms with Crippen LogP contribution in [0.5, 0.6) is 0 Å². The van der Waals surface area contributed by atoms with Crippen LogP contribution in [0.25, 0.3) is 10.2 Å². The summed E-state index contributed by atoms with van der Waals surface area (Å²) in [7, 11) is 0. The van der Waals surface area contributed by atoms with E-state index in [0.29, 0.717) is 12.1 Å². The van der Waals surface area contributed by atoms with Crippen LogP contribution in [-0.2, 0) is 11.3 Å². The summed E-state index contributed by atoms with van der Waals surface area (Å²) in [5.41, 5.74) is 3.25. The number of carbonyl (C=O) groups is 2. The van der Waals surface area contributed by atoms with E-state index in [-0.39, 0.29) is 11.8 Å². The molecule has 0 saturated carbocycles. The molecule has 1 saturated heterocycles. The van der Waals surface area contributed by atoms with Gasteiger partial charge in [-0.15, -0.1) is 0 Å². The number of hydrogen-bond acceptors (Lipinski definition) is 5. The Morgan fingerprint density at radius 2 is 1.86 bits per heavy atom. The normalized spacial score (nSPS) is 13.7. The van der Waals surface area contributed by atoms with Gasteiger partial charge in [-0.25, -0.2) is 4.98 Å². The minimum atomic E-state index is -0.158. The van der Waals surface area contributed by atoms with E-state index in [1.807, 2.05) is 30.3 Å². The van der Waals surface area contributed by atoms with Crippen molar-refractivity contribution in [1.82, 2.24) is 10.3 Å². The van der Waals surface area contributed by atoms with Gasteiger partial charge in [0.1, 0.15) is 0 Å². The fourth-order valence-corrected chi connectivity index (χ4v) is 4.29. The number of rotatable bonds is 5. The summed E-state index contributed by atoms with van der Waals surface area (Å²) in [4.78, 5) is 30.6. The van der Waals surface area contributed by atoms with Crippen molar-refractivity contribution in [3.05, 3.63) is 53.6 Å². The van der Waals surface area contributed by atoms with Gasteiger partial charge < -0.3 is 15.5 Å². The number of carbonyl (C=O) groups excluding carboxylic acids is 2. The number of benzene rings is 2. The molecule has 2 amide bonds. The molecule has 2 heterocycles. The van der Waals surface area contributed by atoms with Crippen LogP contribution >= 0.6 is 11.3 Å². The summed E-state index contributed by atoms with van der Waals surface area (Å²) in [6, 6.07) is 13.1. The number of amides is 2. The fraction of sp³-hybridized carbons (Fsp3) is 0.286. The molecule has 1 fully saturated rings. The van der Waals surface area contributed by atoms with E-state index < -0.39 is 0 Å². The van der Waals surface area contributed by atoms with Gasteiger partial charge in [-0.1, -0.05) is 23.5 Å². The molecule has 1 aromatic heterocycles. The number of nitrogens with zero attached hydrogens (tertiary/aromatic N) is 2. The summed E-state index contributed by atoms with van der Waals surface area (Å²) in [5.74, 6) is -0.233. The minimum Gasteiger partial charge on any atom is -0.352 e. The van der Waals surface area contributed by atoms with Crippen LogP contribution in [0.3, 0.4) is 0 Å². The third kappa shape index (κ3) is 4.14. The molecule has 4 rings (SSSR count). The zero-order valence-corrected chi connectivity index (χ0v) is 16.5. The summed E-state index contributed by atoms with van der Waals surface area (Å²) >= 11 is 1.67. The number of thiazole rings is 1. The second kappa shape index (κ2) is 7.98. The van der Waals surface area contributed by atoms with E-state index in [1.54, 1.807) is 23.5 Å². The van der Waals surface area contributed by atoms with Gasteiger partial charge in [0.25, 0.3) is 5.91 Å². The van der Waals surface area contributed by atoms with Crippen molar-refractivity contribution < 1.29 is 9.59 Å². The molecule has 0 aliphatic carbocycles. The molecule has 2 N–H and O–H groups in total. The van der Waals surface area contributed by atoms with Crippen molar-refractivity contribution in [3.63, 3.8) is 0 Å². The largest absolute Gasteiger partial charge is 0.352 e. The van der Waals surface area contributed by atoms with Crippen LogP contribution < -0.4 is 15.5 Å². The Hall–Kier alpha value is -2.93. The summed E-state index contributed by atoms with van der Waals surface area (Å²) in [5, 5.41) is 6.76. The molecular formula is C21H22N4O2S. The molecule has 0 radical (unpaired) electrons. The Labute approximate surface area is 167 Å². The van der Waals surface area contributed by atoms with E-state index in [0.717, 1.165) is 39.7 Å². The molecule has 28 heavy (non-hydrogen) atoms. The van der Waals surface area contributed by atoms with E-state index >= 15 is 0 Å². The van der Waals surface area contributed by atoms with E-state index in [9.17, 15) is 9.59 Å². The molecule has 1 aliphatic rings. The quantitative estimate of drug-likeness (QED) is 0.691. The zero-order valence-electron chi connectivity index (χ0n) is 15.7. The number of anilines is 2. The third-order valence-corrected chi connectivity index (χ3v) is 5.85. The Morgan fingerprint density at radius 1 is 1.11 bits per heavy atom. The zero-order chi connectivity index (χ0) is 19.5. The van der Waals surface area contributed by atoms with Crippen LogP contribution in [0.15, 0.2) is 42.5 Å². The smallest absolute Gasteiger partial charge is 0.255 e. The Morgan fingerprint density at radius 3 is 2.57 bits per heavy atom. The highest BCUT2D eigenvalue weighted by molar-refractivity contribution is 7.22. The molecule has 3 aromatic rings. The first-order valence-corrected chi connectivity index (χ1v) is 10.2. The maximum atomic E-state index is 12.5. The van der Waals surface area contributed by atoms with Crippen molar-refractivity contribution in [2.45, 2.75) is 26.3 Å². The average Bonchev–Trinajstić information content (AvgIpc) is 3.35. The summed E-state index contributed by atoms with van der Waals surface area (Å²) < 4.78 is 1.07.